The SMILES string of the molecule is CC(C)OC[C@@]12CCCC([C@H](C)O1)[C@H]2OC(C)C. The zero-order valence-electron chi connectivity index (χ0n) is 12.4. The van der Waals surface area contributed by atoms with E-state index in [1.54, 1.807) is 0 Å². The molecule has 2 rings (SSSR count). The summed E-state index contributed by atoms with van der Waals surface area (Å²) < 4.78 is 18.3. The number of ether oxygens (including phenoxy) is 3. The van der Waals surface area contributed by atoms with E-state index in [1.807, 2.05) is 0 Å². The highest BCUT2D eigenvalue weighted by molar-refractivity contribution is 5.05. The highest BCUT2D eigenvalue weighted by Gasteiger charge is 2.56. The Hall–Kier alpha value is -0.120. The number of hydrogen-bond donors (Lipinski definition) is 0. The molecular formula is C15H28O3. The normalized spacial score (nSPS) is 39.8. The van der Waals surface area contributed by atoms with Crippen LogP contribution in [0.3, 0.4) is 0 Å². The molecule has 0 amide bonds. The predicted octanol–water partition coefficient (Wildman–Crippen LogP) is 3.16. The molecular weight excluding hydrogens is 228 g/mol. The smallest absolute Gasteiger partial charge is 0.118 e. The fourth-order valence-corrected chi connectivity index (χ4v) is 3.40. The molecule has 2 fully saturated rings. The molecule has 1 saturated heterocycles. The van der Waals surface area contributed by atoms with Gasteiger partial charge in [-0.2, -0.15) is 0 Å². The largest absolute Gasteiger partial charge is 0.376 e. The van der Waals surface area contributed by atoms with Crippen LogP contribution < -0.4 is 0 Å². The Balaban J connectivity index is 2.12. The van der Waals surface area contributed by atoms with Gasteiger partial charge in [0.15, 0.2) is 0 Å². The molecule has 1 unspecified atom stereocenters. The first-order valence-corrected chi connectivity index (χ1v) is 7.39. The van der Waals surface area contributed by atoms with E-state index in [-0.39, 0.29) is 23.9 Å². The first kappa shape index (κ1) is 14.3. The van der Waals surface area contributed by atoms with Crippen molar-refractivity contribution in [2.24, 2.45) is 5.92 Å². The molecule has 1 aliphatic carbocycles. The molecule has 0 aromatic heterocycles. The Labute approximate surface area is 111 Å². The topological polar surface area (TPSA) is 27.7 Å². The minimum atomic E-state index is -0.198. The summed E-state index contributed by atoms with van der Waals surface area (Å²) in [6.07, 6.45) is 4.53. The summed E-state index contributed by atoms with van der Waals surface area (Å²) in [4.78, 5) is 0. The summed E-state index contributed by atoms with van der Waals surface area (Å²) >= 11 is 0. The number of fused-ring (bicyclic) bond motifs is 2. The van der Waals surface area contributed by atoms with Crippen LogP contribution in [0.2, 0.25) is 0 Å². The predicted molar refractivity (Wildman–Crippen MR) is 71.7 cm³/mol. The lowest BCUT2D eigenvalue weighted by atomic mass is 9.77. The lowest BCUT2D eigenvalue weighted by molar-refractivity contribution is -0.164. The second-order valence-corrected chi connectivity index (χ2v) is 6.41. The van der Waals surface area contributed by atoms with Crippen LogP contribution in [0.25, 0.3) is 0 Å². The summed E-state index contributed by atoms with van der Waals surface area (Å²) in [5.74, 6) is 0.539. The maximum Gasteiger partial charge on any atom is 0.118 e. The van der Waals surface area contributed by atoms with Gasteiger partial charge in [-0.25, -0.2) is 0 Å². The average Bonchev–Trinajstić information content (AvgIpc) is 2.44. The van der Waals surface area contributed by atoms with Gasteiger partial charge in [-0.05, 0) is 53.9 Å². The minimum Gasteiger partial charge on any atom is -0.376 e. The molecule has 0 aromatic carbocycles. The summed E-state index contributed by atoms with van der Waals surface area (Å²) in [7, 11) is 0. The third-order valence-corrected chi connectivity index (χ3v) is 4.15. The monoisotopic (exact) mass is 256 g/mol. The molecule has 106 valence electrons. The first-order chi connectivity index (χ1) is 8.44. The maximum absolute atomic E-state index is 6.29. The zero-order chi connectivity index (χ0) is 13.3. The van der Waals surface area contributed by atoms with E-state index in [9.17, 15) is 0 Å². The summed E-state index contributed by atoms with van der Waals surface area (Å²) in [6, 6.07) is 0. The van der Waals surface area contributed by atoms with Gasteiger partial charge in [0.25, 0.3) is 0 Å². The quantitative estimate of drug-likeness (QED) is 0.756. The van der Waals surface area contributed by atoms with Gasteiger partial charge in [-0.1, -0.05) is 0 Å². The van der Waals surface area contributed by atoms with Gasteiger partial charge in [0.1, 0.15) is 5.60 Å². The summed E-state index contributed by atoms with van der Waals surface area (Å²) in [5.41, 5.74) is -0.198. The Morgan fingerprint density at radius 3 is 2.56 bits per heavy atom. The minimum absolute atomic E-state index is 0.198. The van der Waals surface area contributed by atoms with Crippen molar-refractivity contribution in [2.75, 3.05) is 6.61 Å². The van der Waals surface area contributed by atoms with Gasteiger partial charge < -0.3 is 14.2 Å². The molecule has 18 heavy (non-hydrogen) atoms. The highest BCUT2D eigenvalue weighted by Crippen LogP contribution is 2.48. The molecule has 4 atom stereocenters. The van der Waals surface area contributed by atoms with Crippen molar-refractivity contribution in [3.05, 3.63) is 0 Å². The van der Waals surface area contributed by atoms with Crippen LogP contribution in [0.5, 0.6) is 0 Å². The van der Waals surface area contributed by atoms with Crippen molar-refractivity contribution in [1.82, 2.24) is 0 Å². The van der Waals surface area contributed by atoms with Crippen LogP contribution in [0.4, 0.5) is 0 Å². The molecule has 0 N–H and O–H groups in total. The van der Waals surface area contributed by atoms with Gasteiger partial charge in [0.05, 0.1) is 31.0 Å². The fraction of sp³-hybridized carbons (Fsp3) is 1.00. The van der Waals surface area contributed by atoms with Gasteiger partial charge >= 0.3 is 0 Å². The van der Waals surface area contributed by atoms with Crippen molar-refractivity contribution in [2.45, 2.75) is 83.9 Å². The molecule has 0 spiro atoms. The Morgan fingerprint density at radius 1 is 1.22 bits per heavy atom. The molecule has 0 radical (unpaired) electrons. The molecule has 1 saturated carbocycles. The Bertz CT molecular complexity index is 277. The van der Waals surface area contributed by atoms with Crippen molar-refractivity contribution in [3.63, 3.8) is 0 Å². The van der Waals surface area contributed by atoms with E-state index >= 15 is 0 Å². The van der Waals surface area contributed by atoms with E-state index in [0.717, 1.165) is 6.42 Å². The van der Waals surface area contributed by atoms with Crippen LogP contribution in [0, 0.1) is 5.92 Å². The van der Waals surface area contributed by atoms with Crippen molar-refractivity contribution >= 4 is 0 Å². The molecule has 3 nitrogen and oxygen atoms in total. The lowest BCUT2D eigenvalue weighted by Gasteiger charge is -2.40. The second-order valence-electron chi connectivity index (χ2n) is 6.41. The summed E-state index contributed by atoms with van der Waals surface area (Å²) in [5, 5.41) is 0. The van der Waals surface area contributed by atoms with Gasteiger partial charge in [0, 0.05) is 5.92 Å². The van der Waals surface area contributed by atoms with Crippen LogP contribution in [0.15, 0.2) is 0 Å². The van der Waals surface area contributed by atoms with Gasteiger partial charge in [-0.3, -0.25) is 0 Å². The number of hydrogen-bond acceptors (Lipinski definition) is 3. The zero-order valence-corrected chi connectivity index (χ0v) is 12.4. The van der Waals surface area contributed by atoms with E-state index in [0.29, 0.717) is 18.6 Å². The molecule has 2 bridgehead atoms. The van der Waals surface area contributed by atoms with Crippen LogP contribution in [-0.2, 0) is 14.2 Å². The second kappa shape index (κ2) is 5.48. The molecule has 0 aromatic rings. The van der Waals surface area contributed by atoms with E-state index in [2.05, 4.69) is 34.6 Å². The van der Waals surface area contributed by atoms with Gasteiger partial charge in [-0.15, -0.1) is 0 Å². The Kier molecular flexibility index (Phi) is 4.35. The maximum atomic E-state index is 6.29. The molecule has 1 aliphatic heterocycles. The van der Waals surface area contributed by atoms with Crippen LogP contribution >= 0.6 is 0 Å². The van der Waals surface area contributed by atoms with E-state index in [1.165, 1.54) is 12.8 Å². The fourth-order valence-electron chi connectivity index (χ4n) is 3.40. The Morgan fingerprint density at radius 2 is 1.94 bits per heavy atom. The van der Waals surface area contributed by atoms with Crippen molar-refractivity contribution < 1.29 is 14.2 Å². The average molecular weight is 256 g/mol. The molecule has 1 heterocycles. The lowest BCUT2D eigenvalue weighted by Crippen LogP contribution is -2.50. The van der Waals surface area contributed by atoms with E-state index < -0.39 is 0 Å². The summed E-state index contributed by atoms with van der Waals surface area (Å²) in [6.45, 7) is 11.2. The van der Waals surface area contributed by atoms with Crippen LogP contribution in [-0.4, -0.2) is 36.6 Å². The highest BCUT2D eigenvalue weighted by atomic mass is 16.6. The van der Waals surface area contributed by atoms with Gasteiger partial charge in [0.2, 0.25) is 0 Å². The molecule has 3 heteroatoms. The third-order valence-electron chi connectivity index (χ3n) is 4.15. The van der Waals surface area contributed by atoms with Crippen molar-refractivity contribution in [1.29, 1.82) is 0 Å². The third kappa shape index (κ3) is 2.73. The number of rotatable bonds is 5. The molecule has 2 aliphatic rings. The van der Waals surface area contributed by atoms with Crippen LogP contribution in [0.1, 0.15) is 53.9 Å². The standard InChI is InChI=1S/C15H28O3/c1-10(2)16-9-15-8-6-7-13(12(5)18-15)14(15)17-11(3)4/h10-14H,6-9H2,1-5H3/t12-,13?,14+,15+/m0/s1. The van der Waals surface area contributed by atoms with Crippen molar-refractivity contribution in [3.8, 4) is 0 Å². The van der Waals surface area contributed by atoms with E-state index in [4.69, 9.17) is 14.2 Å². The first-order valence-electron chi connectivity index (χ1n) is 7.39.